The quantitative estimate of drug-likeness (QED) is 0.0701. The first-order chi connectivity index (χ1) is 24.8. The third-order valence-electron chi connectivity index (χ3n) is 10.3. The van der Waals surface area contributed by atoms with Crippen LogP contribution in [0.15, 0.2) is 182 Å². The molecule has 0 aliphatic rings. The molecule has 0 heterocycles. The van der Waals surface area contributed by atoms with Gasteiger partial charge >= 0.3 is 0 Å². The zero-order valence-corrected chi connectivity index (χ0v) is 35.0. The maximum absolute atomic E-state index is 7.88. The van der Waals surface area contributed by atoms with Gasteiger partial charge in [-0.2, -0.15) is 0 Å². The molecule has 268 valence electrons. The van der Waals surface area contributed by atoms with Crippen molar-refractivity contribution in [3.05, 3.63) is 188 Å². The predicted octanol–water partition coefficient (Wildman–Crippen LogP) is 6.17. The zero-order valence-electron chi connectivity index (χ0n) is 30.9. The van der Waals surface area contributed by atoms with Gasteiger partial charge in [-0.1, -0.05) is 173 Å². The topological polar surface area (TPSA) is 18.5 Å². The van der Waals surface area contributed by atoms with E-state index in [9.17, 15) is 0 Å². The molecule has 0 N–H and O–H groups in total. The molecule has 6 rings (SSSR count). The summed E-state index contributed by atoms with van der Waals surface area (Å²) in [4.78, 5) is 0. The third-order valence-corrected chi connectivity index (χ3v) is 19.8. The van der Waals surface area contributed by atoms with Gasteiger partial charge in [0, 0.05) is 0 Å². The van der Waals surface area contributed by atoms with Crippen LogP contribution in [0, 0.1) is 5.92 Å². The van der Waals surface area contributed by atoms with Gasteiger partial charge in [0.05, 0.1) is 25.5 Å². The largest absolute Gasteiger partial charge is 1.00 e. The van der Waals surface area contributed by atoms with Crippen LogP contribution in [0.4, 0.5) is 0 Å². The molecule has 52 heavy (non-hydrogen) atoms. The molecule has 6 aromatic carbocycles. The lowest BCUT2D eigenvalue weighted by Crippen LogP contribution is -3.00. The van der Waals surface area contributed by atoms with Crippen LogP contribution in [0.5, 0.6) is 0 Å². The van der Waals surface area contributed by atoms with Crippen LogP contribution in [-0.2, 0) is 15.8 Å². The van der Waals surface area contributed by atoms with Crippen molar-refractivity contribution in [2.24, 2.45) is 5.92 Å². The molecule has 0 aromatic heterocycles. The molecule has 0 saturated carbocycles. The van der Waals surface area contributed by atoms with Crippen molar-refractivity contribution in [3.8, 4) is 0 Å². The van der Waals surface area contributed by atoms with Crippen LogP contribution < -0.4 is 50.3 Å². The van der Waals surface area contributed by atoms with Crippen LogP contribution in [0.3, 0.4) is 0 Å². The van der Waals surface area contributed by atoms with Crippen LogP contribution in [0.25, 0.3) is 0 Å². The van der Waals surface area contributed by atoms with Gasteiger partial charge in [0.25, 0.3) is 8.32 Å². The van der Waals surface area contributed by atoms with Gasteiger partial charge in [-0.15, -0.1) is 0 Å². The van der Waals surface area contributed by atoms with E-state index in [1.54, 1.807) is 0 Å². The molecule has 0 spiro atoms. The monoisotopic (exact) mass is 834 g/mol. The minimum absolute atomic E-state index is 0. The second kappa shape index (κ2) is 18.6. The predicted molar refractivity (Wildman–Crippen MR) is 222 cm³/mol. The summed E-state index contributed by atoms with van der Waals surface area (Å²) in [5, 5.41) is 6.70. The highest BCUT2D eigenvalue weighted by molar-refractivity contribution is 7.95. The lowest BCUT2D eigenvalue weighted by molar-refractivity contribution is -0.0000114. The Bertz CT molecular complexity index is 1750. The van der Waals surface area contributed by atoms with Crippen molar-refractivity contribution in [1.29, 1.82) is 0 Å². The van der Waals surface area contributed by atoms with E-state index in [2.05, 4.69) is 210 Å². The summed E-state index contributed by atoms with van der Waals surface area (Å²) in [6, 6.07) is 66.2. The summed E-state index contributed by atoms with van der Waals surface area (Å²) < 4.78 is 14.5. The molecular formula is C47H52IO2PSi. The number of rotatable bonds is 15. The minimum atomic E-state index is -2.84. The fourth-order valence-electron chi connectivity index (χ4n) is 7.57. The standard InChI is InChI=1S/C47H52O2PSi.HI/c1-39(35-36-50(41-25-13-6-14-26-41,42-27-15-7-16-28-42)43-29-17-8-18-30-43)46(38-48-37-40-23-11-5-12-24-40)49-51(47(2,3)4,44-31-19-9-20-32-44)45-33-21-10-22-34-45;/h5-34,39,46H,35-38H2,1-4H3;1H/q+1;/p-1/t39-,46+;/m0./s1. The zero-order chi connectivity index (χ0) is 35.6. The summed E-state index contributed by atoms with van der Waals surface area (Å²) in [6.45, 7) is 10.6. The van der Waals surface area contributed by atoms with E-state index in [1.165, 1.54) is 31.9 Å². The molecule has 2 atom stereocenters. The Labute approximate surface area is 331 Å². The van der Waals surface area contributed by atoms with Crippen molar-refractivity contribution in [2.45, 2.75) is 51.9 Å². The Morgan fingerprint density at radius 2 is 0.904 bits per heavy atom. The van der Waals surface area contributed by atoms with Crippen molar-refractivity contribution in [1.82, 2.24) is 0 Å². The number of hydrogen-bond donors (Lipinski definition) is 0. The summed E-state index contributed by atoms with van der Waals surface area (Å²) in [6.07, 6.45) is 1.90. The number of hydrogen-bond acceptors (Lipinski definition) is 2. The lowest BCUT2D eigenvalue weighted by atomic mass is 10.0. The van der Waals surface area contributed by atoms with E-state index in [-0.39, 0.29) is 41.0 Å². The summed E-state index contributed by atoms with van der Waals surface area (Å²) in [5.74, 6) is 0.220. The Hall–Kier alpha value is -3.38. The van der Waals surface area contributed by atoms with Gasteiger partial charge in [-0.3, -0.25) is 0 Å². The second-order valence-electron chi connectivity index (χ2n) is 14.6. The maximum Gasteiger partial charge on any atom is 0.261 e. The summed E-state index contributed by atoms with van der Waals surface area (Å²) >= 11 is 0. The normalized spacial score (nSPS) is 13.2. The van der Waals surface area contributed by atoms with E-state index in [1.807, 2.05) is 0 Å². The van der Waals surface area contributed by atoms with Crippen LogP contribution >= 0.6 is 7.26 Å². The Morgan fingerprint density at radius 1 is 0.538 bits per heavy atom. The molecule has 2 nitrogen and oxygen atoms in total. The number of benzene rings is 6. The van der Waals surface area contributed by atoms with E-state index in [4.69, 9.17) is 9.16 Å². The second-order valence-corrected chi connectivity index (χ2v) is 22.5. The van der Waals surface area contributed by atoms with E-state index in [0.717, 1.165) is 12.6 Å². The van der Waals surface area contributed by atoms with E-state index in [0.29, 0.717) is 13.2 Å². The van der Waals surface area contributed by atoms with Crippen molar-refractivity contribution in [3.63, 3.8) is 0 Å². The van der Waals surface area contributed by atoms with Crippen LogP contribution in [0.1, 0.15) is 39.7 Å². The van der Waals surface area contributed by atoms with Gasteiger partial charge in [0.1, 0.15) is 23.2 Å². The summed E-state index contributed by atoms with van der Waals surface area (Å²) in [7, 11) is -4.85. The van der Waals surface area contributed by atoms with Crippen molar-refractivity contribution >= 4 is 41.9 Å². The first-order valence-corrected chi connectivity index (χ1v) is 22.2. The third kappa shape index (κ3) is 8.86. The van der Waals surface area contributed by atoms with Gasteiger partial charge < -0.3 is 33.1 Å². The molecule has 0 unspecified atom stereocenters. The van der Waals surface area contributed by atoms with Crippen LogP contribution in [0.2, 0.25) is 5.04 Å². The van der Waals surface area contributed by atoms with Crippen molar-refractivity contribution < 1.29 is 33.1 Å². The Balaban J connectivity index is 0.00000523. The highest BCUT2D eigenvalue weighted by atomic mass is 127. The first-order valence-electron chi connectivity index (χ1n) is 18.3. The van der Waals surface area contributed by atoms with E-state index >= 15 is 0 Å². The molecule has 0 fully saturated rings. The van der Waals surface area contributed by atoms with Gasteiger partial charge in [-0.05, 0) is 69.7 Å². The van der Waals surface area contributed by atoms with E-state index < -0.39 is 15.6 Å². The average Bonchev–Trinajstić information content (AvgIpc) is 3.18. The maximum atomic E-state index is 7.88. The molecule has 0 radical (unpaired) electrons. The fourth-order valence-corrected chi connectivity index (χ4v) is 16.8. The summed E-state index contributed by atoms with van der Waals surface area (Å²) in [5.41, 5.74) is 1.18. The number of ether oxygens (including phenoxy) is 1. The molecule has 0 bridgehead atoms. The highest BCUT2D eigenvalue weighted by Gasteiger charge is 2.52. The molecule has 6 aromatic rings. The van der Waals surface area contributed by atoms with Crippen LogP contribution in [-0.4, -0.2) is 27.2 Å². The highest BCUT2D eigenvalue weighted by Crippen LogP contribution is 2.56. The smallest absolute Gasteiger partial charge is 0.261 e. The molecule has 0 saturated heterocycles. The van der Waals surface area contributed by atoms with Gasteiger partial charge in [-0.25, -0.2) is 0 Å². The van der Waals surface area contributed by atoms with Gasteiger partial charge in [0.15, 0.2) is 0 Å². The Morgan fingerprint density at radius 3 is 1.29 bits per heavy atom. The van der Waals surface area contributed by atoms with Crippen molar-refractivity contribution in [2.75, 3.05) is 12.8 Å². The minimum Gasteiger partial charge on any atom is -1.00 e. The molecule has 5 heteroatoms. The lowest BCUT2D eigenvalue weighted by Gasteiger charge is -2.46. The molecule has 0 amide bonds. The number of halogens is 1. The fraction of sp³-hybridized carbons (Fsp3) is 0.234. The first kappa shape index (κ1) is 39.8. The molecule has 0 aliphatic heterocycles. The molecular weight excluding hydrogens is 782 g/mol. The van der Waals surface area contributed by atoms with Gasteiger partial charge in [0.2, 0.25) is 0 Å². The Kier molecular flexibility index (Phi) is 14.2. The average molecular weight is 835 g/mol. The molecule has 0 aliphatic carbocycles. The SMILES string of the molecule is C[C@@H](CC[P+](c1ccccc1)(c1ccccc1)c1ccccc1)[C@@H](COCc1ccccc1)O[Si](c1ccccc1)(c1ccccc1)C(C)(C)C.[I-].